The van der Waals surface area contributed by atoms with Crippen molar-refractivity contribution in [2.24, 2.45) is 0 Å². The summed E-state index contributed by atoms with van der Waals surface area (Å²) in [6.45, 7) is 2.38. The van der Waals surface area contributed by atoms with Crippen LogP contribution in [0, 0.1) is 0 Å². The first-order chi connectivity index (χ1) is 2.00. The van der Waals surface area contributed by atoms with Crippen molar-refractivity contribution in [3.05, 3.63) is 0 Å². The summed E-state index contributed by atoms with van der Waals surface area (Å²) in [6.07, 6.45) is 0. The Labute approximate surface area is 31.3 Å². The van der Waals surface area contributed by atoms with Gasteiger partial charge in [0.2, 0.25) is 0 Å². The Balaban J connectivity index is 3.47. The maximum Gasteiger partial charge on any atom is 0.00874 e. The summed E-state index contributed by atoms with van der Waals surface area (Å²) in [6, 6.07) is 0. The van der Waals surface area contributed by atoms with E-state index in [0.29, 0.717) is 0 Å². The van der Waals surface area contributed by atoms with Crippen LogP contribution in [-0.4, -0.2) is 13.3 Å². The van der Waals surface area contributed by atoms with E-state index in [0.717, 1.165) is 0 Å². The van der Waals surface area contributed by atoms with E-state index < -0.39 is 7.37 Å². The molecule has 0 aromatic carbocycles. The normalized spacial score (nSPS) is 11.8. The minimum atomic E-state index is -2.89. The molecule has 0 aliphatic heterocycles. The first-order valence-corrected chi connectivity index (χ1v) is 3.78. The highest BCUT2D eigenvalue weighted by atomic mass is 31.2. The predicted molar refractivity (Wildman–Crippen MR) is 19.5 cm³/mol. The van der Waals surface area contributed by atoms with Gasteiger partial charge in [0, 0.05) is 7.37 Å². The molecule has 0 N–H and O–H groups in total. The molecule has 0 rings (SSSR count). The van der Waals surface area contributed by atoms with Crippen molar-refractivity contribution in [2.45, 2.75) is 0 Å². The van der Waals surface area contributed by atoms with Gasteiger partial charge in [-0.1, -0.05) is 0 Å². The lowest BCUT2D eigenvalue weighted by Gasteiger charge is -2.06. The van der Waals surface area contributed by atoms with Gasteiger partial charge in [-0.2, -0.15) is 0 Å². The molecule has 0 unspecified atom stereocenters. The zero-order valence-corrected chi connectivity index (χ0v) is 4.16. The second kappa shape index (κ2) is 1.11. The Bertz CT molecular complexity index is 53.8. The van der Waals surface area contributed by atoms with Crippen LogP contribution in [-0.2, 0) is 4.57 Å². The van der Waals surface area contributed by atoms with Crippen LogP contribution in [0.3, 0.4) is 0 Å². The molecule has 0 heterocycles. The zero-order chi connectivity index (χ0) is 4.50. The van der Waals surface area contributed by atoms with E-state index in [4.69, 9.17) is 0 Å². The van der Waals surface area contributed by atoms with Crippen LogP contribution in [0.2, 0.25) is 0 Å². The summed E-state index contributed by atoms with van der Waals surface area (Å²) in [5.41, 5.74) is 0. The van der Waals surface area contributed by atoms with Crippen LogP contribution in [0.4, 0.5) is 0 Å². The SMILES string of the molecule is CP(C)(=O)[O-]. The van der Waals surface area contributed by atoms with Crippen molar-refractivity contribution in [1.29, 1.82) is 0 Å². The molecule has 0 amide bonds. The summed E-state index contributed by atoms with van der Waals surface area (Å²) in [4.78, 5) is 9.66. The van der Waals surface area contributed by atoms with Gasteiger partial charge < -0.3 is 9.46 Å². The highest BCUT2D eigenvalue weighted by molar-refractivity contribution is 7.54. The molecule has 5 heavy (non-hydrogen) atoms. The third-order valence-corrected chi connectivity index (χ3v) is 0. The van der Waals surface area contributed by atoms with Gasteiger partial charge >= 0.3 is 0 Å². The first-order valence-electron chi connectivity index (χ1n) is 1.26. The average molecular weight is 93.0 g/mol. The minimum Gasteiger partial charge on any atom is -0.800 e. The van der Waals surface area contributed by atoms with Crippen molar-refractivity contribution in [2.75, 3.05) is 13.3 Å². The number of rotatable bonds is 0. The monoisotopic (exact) mass is 93.0 g/mol. The van der Waals surface area contributed by atoms with E-state index in [1.54, 1.807) is 0 Å². The average Bonchev–Trinajstić information content (AvgIpc) is 0.722. The molecule has 0 aliphatic carbocycles. The first kappa shape index (κ1) is 5.19. The van der Waals surface area contributed by atoms with Gasteiger partial charge in [0.15, 0.2) is 0 Å². The third-order valence-electron chi connectivity index (χ3n) is 0. The minimum absolute atomic E-state index is 1.19. The Hall–Kier alpha value is 0.190. The van der Waals surface area contributed by atoms with Crippen molar-refractivity contribution in [1.82, 2.24) is 0 Å². The molecule has 2 nitrogen and oxygen atoms in total. The van der Waals surface area contributed by atoms with Crippen LogP contribution in [0.1, 0.15) is 0 Å². The lowest BCUT2D eigenvalue weighted by atomic mass is 11.9. The van der Waals surface area contributed by atoms with Crippen LogP contribution >= 0.6 is 7.37 Å². The fourth-order valence-corrected chi connectivity index (χ4v) is 0. The van der Waals surface area contributed by atoms with E-state index in [9.17, 15) is 9.46 Å². The molecule has 0 fully saturated rings. The van der Waals surface area contributed by atoms with Gasteiger partial charge in [-0.3, -0.25) is 0 Å². The van der Waals surface area contributed by atoms with E-state index >= 15 is 0 Å². The molecule has 0 radical (unpaired) electrons. The number of hydrogen-bond acceptors (Lipinski definition) is 2. The van der Waals surface area contributed by atoms with Crippen LogP contribution in [0.5, 0.6) is 0 Å². The summed E-state index contributed by atoms with van der Waals surface area (Å²) in [5.74, 6) is 0. The maximum atomic E-state index is 9.66. The summed E-state index contributed by atoms with van der Waals surface area (Å²) < 4.78 is 9.66. The molecule has 3 heteroatoms. The van der Waals surface area contributed by atoms with Gasteiger partial charge in [0.1, 0.15) is 0 Å². The predicted octanol–water partition coefficient (Wildman–Crippen LogP) is -0.116. The topological polar surface area (TPSA) is 40.1 Å². The highest BCUT2D eigenvalue weighted by Crippen LogP contribution is 2.20. The van der Waals surface area contributed by atoms with Crippen LogP contribution < -0.4 is 4.89 Å². The zero-order valence-electron chi connectivity index (χ0n) is 3.26. The number of hydrogen-bond donors (Lipinski definition) is 0. The van der Waals surface area contributed by atoms with Gasteiger partial charge in [-0.25, -0.2) is 0 Å². The lowest BCUT2D eigenvalue weighted by Crippen LogP contribution is -1.93. The largest absolute Gasteiger partial charge is 0.800 e. The summed E-state index contributed by atoms with van der Waals surface area (Å²) in [5, 5.41) is 0. The maximum absolute atomic E-state index is 9.66. The fraction of sp³-hybridized carbons (Fsp3) is 1.00. The van der Waals surface area contributed by atoms with Crippen LogP contribution in [0.25, 0.3) is 0 Å². The molecular formula is C2H6O2P-. The van der Waals surface area contributed by atoms with E-state index in [1.165, 1.54) is 13.3 Å². The van der Waals surface area contributed by atoms with Crippen molar-refractivity contribution >= 4 is 7.37 Å². The standard InChI is InChI=1S/C2H7O2P/c1-5(2,3)4/h1-2H3,(H,3,4)/p-1. The van der Waals surface area contributed by atoms with Gasteiger partial charge in [0.25, 0.3) is 0 Å². The molecular weight excluding hydrogens is 87.0 g/mol. The smallest absolute Gasteiger partial charge is 0.00874 e. The highest BCUT2D eigenvalue weighted by Gasteiger charge is 1.76. The van der Waals surface area contributed by atoms with Crippen molar-refractivity contribution < 1.29 is 9.46 Å². The summed E-state index contributed by atoms with van der Waals surface area (Å²) >= 11 is 0. The second-order valence-electron chi connectivity index (χ2n) is 1.25. The quantitative estimate of drug-likeness (QED) is 0.392. The Morgan fingerprint density at radius 2 is 1.60 bits per heavy atom. The molecule has 0 saturated carbocycles. The fourth-order valence-electron chi connectivity index (χ4n) is 0. The van der Waals surface area contributed by atoms with Gasteiger partial charge in [-0.05, 0) is 13.3 Å². The lowest BCUT2D eigenvalue weighted by molar-refractivity contribution is -0.171. The van der Waals surface area contributed by atoms with Crippen LogP contribution in [0.15, 0.2) is 0 Å². The van der Waals surface area contributed by atoms with E-state index in [1.807, 2.05) is 0 Å². The van der Waals surface area contributed by atoms with E-state index in [-0.39, 0.29) is 0 Å². The molecule has 0 aromatic heterocycles. The third kappa shape index (κ3) is 557. The van der Waals surface area contributed by atoms with Crippen molar-refractivity contribution in [3.63, 3.8) is 0 Å². The van der Waals surface area contributed by atoms with E-state index in [2.05, 4.69) is 0 Å². The second-order valence-corrected chi connectivity index (χ2v) is 3.76. The Morgan fingerprint density at radius 3 is 1.60 bits per heavy atom. The molecule has 0 saturated heterocycles. The Morgan fingerprint density at radius 1 is 1.60 bits per heavy atom. The van der Waals surface area contributed by atoms with Crippen molar-refractivity contribution in [3.8, 4) is 0 Å². The molecule has 0 aromatic rings. The molecule has 0 atom stereocenters. The molecule has 0 aliphatic rings. The molecule has 0 bridgehead atoms. The molecule has 32 valence electrons. The summed E-state index contributed by atoms with van der Waals surface area (Å²) in [7, 11) is -2.89. The molecule has 0 spiro atoms. The van der Waals surface area contributed by atoms with Gasteiger partial charge in [0.05, 0.1) is 0 Å². The Kier molecular flexibility index (Phi) is 1.16. The van der Waals surface area contributed by atoms with Gasteiger partial charge in [-0.15, -0.1) is 0 Å².